The summed E-state index contributed by atoms with van der Waals surface area (Å²) in [5.41, 5.74) is 9.30. The lowest BCUT2D eigenvalue weighted by Crippen LogP contribution is -2.50. The number of thiazole rings is 1. The number of aromatic nitrogens is 2. The van der Waals surface area contributed by atoms with Gasteiger partial charge in [0.05, 0.1) is 23.9 Å². The van der Waals surface area contributed by atoms with E-state index in [2.05, 4.69) is 10.3 Å². The number of rotatable bonds is 9. The van der Waals surface area contributed by atoms with Crippen LogP contribution >= 0.6 is 11.3 Å². The van der Waals surface area contributed by atoms with E-state index in [1.807, 2.05) is 41.8 Å². The maximum absolute atomic E-state index is 13.6. The van der Waals surface area contributed by atoms with Crippen LogP contribution in [0.2, 0.25) is 0 Å². The first-order valence-corrected chi connectivity index (χ1v) is 12.1. The van der Waals surface area contributed by atoms with E-state index in [-0.39, 0.29) is 11.9 Å². The van der Waals surface area contributed by atoms with E-state index in [0.29, 0.717) is 24.4 Å². The molecule has 2 atom stereocenters. The van der Waals surface area contributed by atoms with E-state index in [1.165, 1.54) is 24.9 Å². The zero-order valence-electron chi connectivity index (χ0n) is 19.3. The van der Waals surface area contributed by atoms with Crippen molar-refractivity contribution in [2.24, 2.45) is 0 Å². The van der Waals surface area contributed by atoms with Gasteiger partial charge in [0, 0.05) is 42.8 Å². The van der Waals surface area contributed by atoms with Gasteiger partial charge in [0.1, 0.15) is 6.04 Å². The molecule has 1 saturated carbocycles. The van der Waals surface area contributed by atoms with Gasteiger partial charge < -0.3 is 15.8 Å². The Hall–Kier alpha value is -3.46. The van der Waals surface area contributed by atoms with Gasteiger partial charge in [-0.3, -0.25) is 14.7 Å². The van der Waals surface area contributed by atoms with E-state index in [4.69, 9.17) is 15.5 Å². The number of hydrogen-bond donors (Lipinski definition) is 2. The number of methoxy groups -OCH3 is 1. The van der Waals surface area contributed by atoms with Crippen molar-refractivity contribution in [2.45, 2.75) is 43.7 Å². The number of nitrogens with zero attached hydrogens (tertiary/aromatic N) is 3. The number of amides is 2. The molecule has 0 bridgehead atoms. The molecule has 9 heteroatoms. The number of carbonyl (C=O) groups excluding carboxylic acids is 2. The summed E-state index contributed by atoms with van der Waals surface area (Å²) in [5, 5.41) is 6.30. The second kappa shape index (κ2) is 10.6. The first-order chi connectivity index (χ1) is 16.4. The topological polar surface area (TPSA) is 110 Å². The molecular formula is C25H29N5O3S. The van der Waals surface area contributed by atoms with Crippen LogP contribution in [-0.2, 0) is 22.4 Å². The van der Waals surface area contributed by atoms with Gasteiger partial charge in [-0.15, -0.1) is 11.3 Å². The monoisotopic (exact) mass is 479 g/mol. The molecule has 0 spiro atoms. The first-order valence-electron chi connectivity index (χ1n) is 11.2. The molecule has 178 valence electrons. The van der Waals surface area contributed by atoms with Gasteiger partial charge >= 0.3 is 6.09 Å². The van der Waals surface area contributed by atoms with E-state index >= 15 is 0 Å². The molecule has 0 unspecified atom stereocenters. The highest BCUT2D eigenvalue weighted by molar-refractivity contribution is 7.09. The van der Waals surface area contributed by atoms with Crippen molar-refractivity contribution in [2.75, 3.05) is 19.9 Å². The minimum absolute atomic E-state index is 0.272. The molecule has 8 nitrogen and oxygen atoms in total. The second-order valence-corrected chi connectivity index (χ2v) is 9.44. The minimum Gasteiger partial charge on any atom is -0.453 e. The van der Waals surface area contributed by atoms with Crippen LogP contribution in [-0.4, -0.2) is 47.1 Å². The maximum Gasteiger partial charge on any atom is 0.409 e. The van der Waals surface area contributed by atoms with Crippen LogP contribution in [0.4, 0.5) is 10.5 Å². The van der Waals surface area contributed by atoms with Gasteiger partial charge in [0.2, 0.25) is 5.91 Å². The predicted octanol–water partition coefficient (Wildman–Crippen LogP) is 3.71. The number of hydrogen-bond acceptors (Lipinski definition) is 7. The lowest BCUT2D eigenvalue weighted by Gasteiger charge is -2.28. The molecule has 1 aliphatic carbocycles. The standard InChI is InChI=1S/C25H29N5O3S/c1-30(25(32)33-2)22(14-17-9-11-27-12-10-17)23(31)28-20(13-16-3-7-19(26)8-4-16)21-15-34-24(29-21)18-5-6-18/h3-4,7-12,15,18,20,22H,5-6,13-14,26H2,1-2H3,(H,28,31)/t20-,22-/m0/s1. The van der Waals surface area contributed by atoms with Gasteiger partial charge in [-0.25, -0.2) is 9.78 Å². The molecule has 0 saturated heterocycles. The zero-order valence-corrected chi connectivity index (χ0v) is 20.1. The Morgan fingerprint density at radius 1 is 1.15 bits per heavy atom. The number of nitrogens with two attached hydrogens (primary N) is 1. The van der Waals surface area contributed by atoms with E-state index in [9.17, 15) is 9.59 Å². The lowest BCUT2D eigenvalue weighted by atomic mass is 10.0. The van der Waals surface area contributed by atoms with Crippen LogP contribution in [0.5, 0.6) is 0 Å². The Bertz CT molecular complexity index is 1120. The number of likely N-dealkylation sites (N-methyl/N-ethyl adjacent to an activating group) is 1. The lowest BCUT2D eigenvalue weighted by molar-refractivity contribution is -0.126. The van der Waals surface area contributed by atoms with Gasteiger partial charge in [0.15, 0.2) is 0 Å². The fraction of sp³-hybridized carbons (Fsp3) is 0.360. The summed E-state index contributed by atoms with van der Waals surface area (Å²) < 4.78 is 4.89. The summed E-state index contributed by atoms with van der Waals surface area (Å²) in [5.74, 6) is 0.266. The fourth-order valence-electron chi connectivity index (χ4n) is 3.78. The molecule has 3 N–H and O–H groups in total. The number of nitrogens with one attached hydrogen (secondary N) is 1. The van der Waals surface area contributed by atoms with Gasteiger partial charge in [-0.2, -0.15) is 0 Å². The van der Waals surface area contributed by atoms with Crippen LogP contribution in [0.25, 0.3) is 0 Å². The molecule has 1 aliphatic rings. The maximum atomic E-state index is 13.6. The SMILES string of the molecule is COC(=O)N(C)[C@@H](Cc1ccncc1)C(=O)N[C@@H](Cc1ccc(N)cc1)c1csc(C2CC2)n1. The van der Waals surface area contributed by atoms with Crippen LogP contribution < -0.4 is 11.1 Å². The third kappa shape index (κ3) is 5.91. The van der Waals surface area contributed by atoms with Crippen molar-refractivity contribution in [1.82, 2.24) is 20.2 Å². The fourth-order valence-corrected chi connectivity index (χ4v) is 4.83. The van der Waals surface area contributed by atoms with Gasteiger partial charge in [-0.05, 0) is 54.7 Å². The Kier molecular flexibility index (Phi) is 7.42. The smallest absolute Gasteiger partial charge is 0.409 e. The van der Waals surface area contributed by atoms with E-state index in [1.54, 1.807) is 30.8 Å². The van der Waals surface area contributed by atoms with Crippen molar-refractivity contribution < 1.29 is 14.3 Å². The average molecular weight is 480 g/mol. The number of nitrogen functional groups attached to an aromatic ring is 1. The summed E-state index contributed by atoms with van der Waals surface area (Å²) in [6.07, 6.45) is 5.99. The van der Waals surface area contributed by atoms with Gasteiger partial charge in [-0.1, -0.05) is 12.1 Å². The summed E-state index contributed by atoms with van der Waals surface area (Å²) in [7, 11) is 2.87. The molecular weight excluding hydrogens is 450 g/mol. The molecule has 0 aliphatic heterocycles. The number of anilines is 1. The summed E-state index contributed by atoms with van der Waals surface area (Å²) in [6.45, 7) is 0. The molecule has 4 rings (SSSR count). The highest BCUT2D eigenvalue weighted by atomic mass is 32.1. The zero-order chi connectivity index (χ0) is 24.1. The molecule has 2 aromatic heterocycles. The van der Waals surface area contributed by atoms with E-state index in [0.717, 1.165) is 21.8 Å². The quantitative estimate of drug-likeness (QED) is 0.453. The highest BCUT2D eigenvalue weighted by Gasteiger charge is 2.32. The normalized spacial score (nSPS) is 14.8. The van der Waals surface area contributed by atoms with Crippen molar-refractivity contribution in [3.63, 3.8) is 0 Å². The Labute approximate surface area is 203 Å². The van der Waals surface area contributed by atoms with Crippen LogP contribution in [0, 0.1) is 0 Å². The molecule has 1 aromatic carbocycles. The highest BCUT2D eigenvalue weighted by Crippen LogP contribution is 2.42. The number of pyridine rings is 1. The molecule has 34 heavy (non-hydrogen) atoms. The van der Waals surface area contributed by atoms with Crippen molar-refractivity contribution in [3.05, 3.63) is 76.0 Å². The number of ether oxygens (including phenoxy) is 1. The Morgan fingerprint density at radius 3 is 2.47 bits per heavy atom. The summed E-state index contributed by atoms with van der Waals surface area (Å²) in [6, 6.07) is 10.2. The number of carbonyl (C=O) groups is 2. The predicted molar refractivity (Wildman–Crippen MR) is 131 cm³/mol. The molecule has 3 aromatic rings. The van der Waals surface area contributed by atoms with Crippen molar-refractivity contribution in [1.29, 1.82) is 0 Å². The first kappa shape index (κ1) is 23.7. The second-order valence-electron chi connectivity index (χ2n) is 8.55. The minimum atomic E-state index is -0.759. The average Bonchev–Trinajstić information content (AvgIpc) is 3.59. The Balaban J connectivity index is 1.58. The van der Waals surface area contributed by atoms with Crippen LogP contribution in [0.3, 0.4) is 0 Å². The number of benzene rings is 1. The third-order valence-electron chi connectivity index (χ3n) is 5.97. The van der Waals surface area contributed by atoms with Crippen LogP contribution in [0.15, 0.2) is 54.2 Å². The molecule has 1 fully saturated rings. The summed E-state index contributed by atoms with van der Waals surface area (Å²) in [4.78, 5) is 36.1. The molecule has 2 heterocycles. The van der Waals surface area contributed by atoms with Gasteiger partial charge in [0.25, 0.3) is 0 Å². The van der Waals surface area contributed by atoms with Crippen LogP contribution in [0.1, 0.15) is 46.6 Å². The molecule has 2 amide bonds. The van der Waals surface area contributed by atoms with E-state index < -0.39 is 12.1 Å². The largest absolute Gasteiger partial charge is 0.453 e. The molecule has 0 radical (unpaired) electrons. The Morgan fingerprint density at radius 2 is 1.82 bits per heavy atom. The van der Waals surface area contributed by atoms with Crippen molar-refractivity contribution >= 4 is 29.0 Å². The van der Waals surface area contributed by atoms with Crippen molar-refractivity contribution in [3.8, 4) is 0 Å². The third-order valence-corrected chi connectivity index (χ3v) is 7.00. The summed E-state index contributed by atoms with van der Waals surface area (Å²) >= 11 is 1.64.